The molecule has 7 nitrogen and oxygen atoms in total. The van der Waals surface area contributed by atoms with Crippen LogP contribution < -0.4 is 14.8 Å². The van der Waals surface area contributed by atoms with E-state index >= 15 is 0 Å². The molecule has 4 aromatic rings. The van der Waals surface area contributed by atoms with E-state index in [1.807, 2.05) is 62.4 Å². The molecule has 0 aliphatic carbocycles. The lowest BCUT2D eigenvalue weighted by Gasteiger charge is -2.09. The fraction of sp³-hybridized carbons (Fsp3) is 0.192. The second kappa shape index (κ2) is 10.5. The van der Waals surface area contributed by atoms with E-state index in [2.05, 4.69) is 15.5 Å². The van der Waals surface area contributed by atoms with Crippen LogP contribution in [0.2, 0.25) is 0 Å². The van der Waals surface area contributed by atoms with Gasteiger partial charge in [-0.2, -0.15) is 0 Å². The van der Waals surface area contributed by atoms with E-state index in [9.17, 15) is 4.79 Å². The molecule has 0 saturated carbocycles. The van der Waals surface area contributed by atoms with Crippen LogP contribution in [-0.2, 0) is 11.2 Å². The molecule has 0 aliphatic rings. The third-order valence-corrected chi connectivity index (χ3v) is 4.84. The number of anilines is 1. The summed E-state index contributed by atoms with van der Waals surface area (Å²) in [4.78, 5) is 12.3. The summed E-state index contributed by atoms with van der Waals surface area (Å²) in [5.74, 6) is 2.93. The van der Waals surface area contributed by atoms with Crippen molar-refractivity contribution in [3.63, 3.8) is 0 Å². The number of nitrogens with one attached hydrogen (secondary N) is 1. The number of nitrogens with zero attached hydrogens (tertiary/aromatic N) is 2. The van der Waals surface area contributed by atoms with E-state index in [-0.39, 0.29) is 12.3 Å². The van der Waals surface area contributed by atoms with Crippen molar-refractivity contribution in [1.29, 1.82) is 0 Å². The first-order valence-corrected chi connectivity index (χ1v) is 10.8. The topological polar surface area (TPSA) is 86.5 Å². The molecule has 0 fully saturated rings. The number of amides is 1. The van der Waals surface area contributed by atoms with Crippen molar-refractivity contribution in [1.82, 2.24) is 10.2 Å². The van der Waals surface area contributed by atoms with Crippen LogP contribution in [0.4, 0.5) is 5.69 Å². The minimum Gasteiger partial charge on any atom is -0.494 e. The molecular weight excluding hydrogens is 418 g/mol. The van der Waals surface area contributed by atoms with Crippen molar-refractivity contribution < 1.29 is 18.7 Å². The smallest absolute Gasteiger partial charge is 0.247 e. The lowest BCUT2D eigenvalue weighted by atomic mass is 10.1. The number of hydrogen-bond acceptors (Lipinski definition) is 6. The molecule has 7 heteroatoms. The van der Waals surface area contributed by atoms with Gasteiger partial charge in [0.25, 0.3) is 0 Å². The third-order valence-electron chi connectivity index (χ3n) is 4.84. The first-order chi connectivity index (χ1) is 16.1. The molecule has 1 aromatic heterocycles. The average molecular weight is 444 g/mol. The van der Waals surface area contributed by atoms with Gasteiger partial charge in [0.1, 0.15) is 17.2 Å². The molecule has 0 spiro atoms. The van der Waals surface area contributed by atoms with Gasteiger partial charge in [0.2, 0.25) is 17.7 Å². The maximum absolute atomic E-state index is 12.3. The monoisotopic (exact) mass is 443 g/mol. The van der Waals surface area contributed by atoms with Crippen molar-refractivity contribution in [3.8, 4) is 28.7 Å². The van der Waals surface area contributed by atoms with E-state index in [1.54, 1.807) is 24.3 Å². The van der Waals surface area contributed by atoms with Crippen LogP contribution in [0.5, 0.6) is 17.2 Å². The highest BCUT2D eigenvalue weighted by Crippen LogP contribution is 2.25. The molecule has 33 heavy (non-hydrogen) atoms. The van der Waals surface area contributed by atoms with Crippen LogP contribution in [0, 0.1) is 6.92 Å². The van der Waals surface area contributed by atoms with Crippen molar-refractivity contribution in [2.75, 3.05) is 11.9 Å². The molecule has 3 aromatic carbocycles. The fourth-order valence-corrected chi connectivity index (χ4v) is 3.12. The van der Waals surface area contributed by atoms with Crippen LogP contribution in [-0.4, -0.2) is 22.7 Å². The maximum atomic E-state index is 12.3. The molecule has 0 saturated heterocycles. The van der Waals surface area contributed by atoms with E-state index < -0.39 is 0 Å². The first-order valence-electron chi connectivity index (χ1n) is 10.8. The van der Waals surface area contributed by atoms with Crippen LogP contribution in [0.25, 0.3) is 11.5 Å². The lowest BCUT2D eigenvalue weighted by molar-refractivity contribution is -0.116. The van der Waals surface area contributed by atoms with Gasteiger partial charge in [-0.1, -0.05) is 17.7 Å². The highest BCUT2D eigenvalue weighted by molar-refractivity contribution is 5.90. The number of rotatable bonds is 9. The summed E-state index contributed by atoms with van der Waals surface area (Å²) in [6.07, 6.45) is 0.601. The Balaban J connectivity index is 1.26. The van der Waals surface area contributed by atoms with E-state index in [4.69, 9.17) is 13.9 Å². The van der Waals surface area contributed by atoms with Crippen LogP contribution >= 0.6 is 0 Å². The second-order valence-electron chi connectivity index (χ2n) is 7.45. The zero-order valence-corrected chi connectivity index (χ0v) is 18.6. The molecule has 0 atom stereocenters. The molecule has 168 valence electrons. The Morgan fingerprint density at radius 2 is 1.52 bits per heavy atom. The second-order valence-corrected chi connectivity index (χ2v) is 7.45. The molecule has 1 amide bonds. The Morgan fingerprint density at radius 3 is 2.18 bits per heavy atom. The van der Waals surface area contributed by atoms with Gasteiger partial charge >= 0.3 is 0 Å². The summed E-state index contributed by atoms with van der Waals surface area (Å²) in [7, 11) is 0. The number of aryl methyl sites for hydroxylation is 2. The summed E-state index contributed by atoms with van der Waals surface area (Å²) in [5.41, 5.74) is 2.70. The number of carbonyl (C=O) groups is 1. The van der Waals surface area contributed by atoms with Gasteiger partial charge < -0.3 is 19.2 Å². The molecule has 1 heterocycles. The van der Waals surface area contributed by atoms with Gasteiger partial charge in [-0.05, 0) is 74.5 Å². The highest BCUT2D eigenvalue weighted by atomic mass is 16.5. The predicted octanol–water partition coefficient (Wildman–Crippen LogP) is 5.81. The molecule has 4 rings (SSSR count). The Hall–Kier alpha value is -4.13. The Morgan fingerprint density at radius 1 is 0.879 bits per heavy atom. The van der Waals surface area contributed by atoms with E-state index in [0.717, 1.165) is 16.9 Å². The van der Waals surface area contributed by atoms with Crippen molar-refractivity contribution >= 4 is 11.6 Å². The Kier molecular flexibility index (Phi) is 6.99. The van der Waals surface area contributed by atoms with E-state index in [0.29, 0.717) is 42.0 Å². The van der Waals surface area contributed by atoms with Crippen LogP contribution in [0.3, 0.4) is 0 Å². The molecule has 0 aliphatic heterocycles. The van der Waals surface area contributed by atoms with Crippen molar-refractivity contribution in [2.45, 2.75) is 26.7 Å². The maximum Gasteiger partial charge on any atom is 0.247 e. The average Bonchev–Trinajstić information content (AvgIpc) is 3.30. The van der Waals surface area contributed by atoms with Gasteiger partial charge in [0.05, 0.1) is 6.61 Å². The molecule has 1 N–H and O–H groups in total. The van der Waals surface area contributed by atoms with Gasteiger partial charge in [-0.25, -0.2) is 0 Å². The number of benzene rings is 3. The summed E-state index contributed by atoms with van der Waals surface area (Å²) < 4.78 is 16.9. The summed E-state index contributed by atoms with van der Waals surface area (Å²) in [6, 6.07) is 22.5. The molecular formula is C26H25N3O4. The molecule has 0 radical (unpaired) electrons. The Bertz CT molecular complexity index is 1180. The summed E-state index contributed by atoms with van der Waals surface area (Å²) >= 11 is 0. The summed E-state index contributed by atoms with van der Waals surface area (Å²) in [5, 5.41) is 11.0. The fourth-order valence-electron chi connectivity index (χ4n) is 3.12. The highest BCUT2D eigenvalue weighted by Gasteiger charge is 2.11. The van der Waals surface area contributed by atoms with Crippen LogP contribution in [0.1, 0.15) is 24.8 Å². The normalized spacial score (nSPS) is 10.6. The zero-order chi connectivity index (χ0) is 23.0. The Labute approximate surface area is 192 Å². The standard InChI is InChI=1S/C26H25N3O4/c1-3-31-21-12-14-23(15-13-21)32-22-10-8-20(9-11-22)27-24(30)16-17-25-28-29-26(33-25)19-6-4-18(2)5-7-19/h4-15H,3,16-17H2,1-2H3,(H,27,30). The lowest BCUT2D eigenvalue weighted by Crippen LogP contribution is -2.12. The minimum atomic E-state index is -0.134. The number of hydrogen-bond donors (Lipinski definition) is 1. The molecule has 0 bridgehead atoms. The third kappa shape index (κ3) is 6.20. The van der Waals surface area contributed by atoms with Gasteiger partial charge in [0.15, 0.2) is 0 Å². The molecule has 0 unspecified atom stereocenters. The largest absolute Gasteiger partial charge is 0.494 e. The van der Waals surface area contributed by atoms with Gasteiger partial charge in [-0.15, -0.1) is 10.2 Å². The van der Waals surface area contributed by atoms with Crippen molar-refractivity contribution in [2.24, 2.45) is 0 Å². The number of ether oxygens (including phenoxy) is 2. The zero-order valence-electron chi connectivity index (χ0n) is 18.6. The van der Waals surface area contributed by atoms with Gasteiger partial charge in [0, 0.05) is 24.1 Å². The minimum absolute atomic E-state index is 0.134. The predicted molar refractivity (Wildman–Crippen MR) is 126 cm³/mol. The number of carbonyl (C=O) groups excluding carboxylic acids is 1. The summed E-state index contributed by atoms with van der Waals surface area (Å²) in [6.45, 7) is 4.58. The van der Waals surface area contributed by atoms with Gasteiger partial charge in [-0.3, -0.25) is 4.79 Å². The number of aromatic nitrogens is 2. The van der Waals surface area contributed by atoms with E-state index in [1.165, 1.54) is 0 Å². The van der Waals surface area contributed by atoms with Crippen molar-refractivity contribution in [3.05, 3.63) is 84.3 Å². The quantitative estimate of drug-likeness (QED) is 0.351. The SMILES string of the molecule is CCOc1ccc(Oc2ccc(NC(=O)CCc3nnc(-c4ccc(C)cc4)o3)cc2)cc1. The van der Waals surface area contributed by atoms with Crippen LogP contribution in [0.15, 0.2) is 77.2 Å². The first kappa shape index (κ1) is 22.1.